The molecule has 2 aromatic carbocycles. The second kappa shape index (κ2) is 10.5. The first-order valence-corrected chi connectivity index (χ1v) is 13.0. The Balaban J connectivity index is 1.36. The SMILES string of the molecule is Cc1ccccc1Oc1ccc(N2C(=S)NC(c3ccccn3)C2c2cccn2Cc2cccnc2)cc1. The molecule has 0 bridgehead atoms. The van der Waals surface area contributed by atoms with Crippen LogP contribution in [0.2, 0.25) is 0 Å². The van der Waals surface area contributed by atoms with E-state index >= 15 is 0 Å². The highest BCUT2D eigenvalue weighted by Crippen LogP contribution is 2.42. The lowest BCUT2D eigenvalue weighted by molar-refractivity contribution is 0.479. The van der Waals surface area contributed by atoms with E-state index in [1.807, 2.05) is 80.0 Å². The predicted molar refractivity (Wildman–Crippen MR) is 153 cm³/mol. The van der Waals surface area contributed by atoms with Crippen molar-refractivity contribution in [3.05, 3.63) is 138 Å². The Bertz CT molecular complexity index is 1540. The lowest BCUT2D eigenvalue weighted by Gasteiger charge is -2.29. The predicted octanol–water partition coefficient (Wildman–Crippen LogP) is 6.60. The molecule has 7 heteroatoms. The summed E-state index contributed by atoms with van der Waals surface area (Å²) in [5, 5.41) is 4.21. The van der Waals surface area contributed by atoms with Gasteiger partial charge in [0.15, 0.2) is 5.11 Å². The maximum atomic E-state index is 6.14. The number of nitrogens with one attached hydrogen (secondary N) is 1. The molecule has 1 aliphatic rings. The van der Waals surface area contributed by atoms with Gasteiger partial charge in [0.05, 0.1) is 11.7 Å². The van der Waals surface area contributed by atoms with E-state index in [1.165, 1.54) is 0 Å². The summed E-state index contributed by atoms with van der Waals surface area (Å²) in [6, 6.07) is 30.2. The molecule has 4 heterocycles. The summed E-state index contributed by atoms with van der Waals surface area (Å²) in [5.41, 5.74) is 5.29. The molecule has 6 rings (SSSR count). The number of aromatic nitrogens is 3. The minimum atomic E-state index is -0.117. The van der Waals surface area contributed by atoms with Crippen molar-refractivity contribution in [2.24, 2.45) is 0 Å². The summed E-state index contributed by atoms with van der Waals surface area (Å²) < 4.78 is 8.40. The van der Waals surface area contributed by atoms with Gasteiger partial charge in [0.25, 0.3) is 0 Å². The Morgan fingerprint density at radius 3 is 2.50 bits per heavy atom. The van der Waals surface area contributed by atoms with E-state index in [-0.39, 0.29) is 12.1 Å². The van der Waals surface area contributed by atoms with Crippen LogP contribution in [0.3, 0.4) is 0 Å². The zero-order chi connectivity index (χ0) is 25.9. The highest BCUT2D eigenvalue weighted by Gasteiger charge is 2.42. The number of pyridine rings is 2. The number of thiocarbonyl (C=S) groups is 1. The Labute approximate surface area is 227 Å². The molecule has 0 amide bonds. The molecule has 0 spiro atoms. The summed E-state index contributed by atoms with van der Waals surface area (Å²) >= 11 is 5.91. The van der Waals surface area contributed by atoms with Crippen molar-refractivity contribution in [1.29, 1.82) is 0 Å². The molecule has 2 unspecified atom stereocenters. The number of hydrogen-bond donors (Lipinski definition) is 1. The third-order valence-electron chi connectivity index (χ3n) is 6.78. The van der Waals surface area contributed by atoms with E-state index in [0.29, 0.717) is 11.7 Å². The standard InChI is InChI=1S/C31H27N5OS/c1-22-8-2-3-12-28(22)37-25-15-13-24(14-16-25)36-30(29(34-31(36)38)26-10-4-5-18-33-26)27-11-7-19-35(27)21-23-9-6-17-32-20-23/h2-20,29-30H,21H2,1H3,(H,34,38). The second-order valence-corrected chi connectivity index (χ2v) is 9.67. The zero-order valence-corrected chi connectivity index (χ0v) is 21.8. The third-order valence-corrected chi connectivity index (χ3v) is 7.09. The molecule has 188 valence electrons. The molecular weight excluding hydrogens is 490 g/mol. The monoisotopic (exact) mass is 517 g/mol. The largest absolute Gasteiger partial charge is 0.457 e. The van der Waals surface area contributed by atoms with Gasteiger partial charge in [0.1, 0.15) is 17.5 Å². The van der Waals surface area contributed by atoms with Gasteiger partial charge in [-0.3, -0.25) is 9.97 Å². The first kappa shape index (κ1) is 23.9. The molecule has 1 N–H and O–H groups in total. The van der Waals surface area contributed by atoms with Crippen molar-refractivity contribution in [2.75, 3.05) is 4.90 Å². The van der Waals surface area contributed by atoms with E-state index < -0.39 is 0 Å². The quantitative estimate of drug-likeness (QED) is 0.245. The number of nitrogens with zero attached hydrogens (tertiary/aromatic N) is 4. The van der Waals surface area contributed by atoms with Crippen LogP contribution >= 0.6 is 12.2 Å². The number of ether oxygens (including phenoxy) is 1. The van der Waals surface area contributed by atoms with Gasteiger partial charge in [-0.2, -0.15) is 0 Å². The van der Waals surface area contributed by atoms with Crippen molar-refractivity contribution < 1.29 is 4.74 Å². The van der Waals surface area contributed by atoms with Crippen molar-refractivity contribution in [1.82, 2.24) is 19.9 Å². The fraction of sp³-hybridized carbons (Fsp3) is 0.129. The number of rotatable bonds is 7. The highest BCUT2D eigenvalue weighted by atomic mass is 32.1. The van der Waals surface area contributed by atoms with Crippen molar-refractivity contribution in [3.63, 3.8) is 0 Å². The Morgan fingerprint density at radius 2 is 1.74 bits per heavy atom. The Morgan fingerprint density at radius 1 is 0.895 bits per heavy atom. The Kier molecular flexibility index (Phi) is 6.58. The van der Waals surface area contributed by atoms with E-state index in [2.05, 4.69) is 61.3 Å². The second-order valence-electron chi connectivity index (χ2n) is 9.28. The minimum Gasteiger partial charge on any atom is -0.457 e. The summed E-state index contributed by atoms with van der Waals surface area (Å²) in [4.78, 5) is 11.2. The van der Waals surface area contributed by atoms with Crippen LogP contribution < -0.4 is 15.0 Å². The molecule has 0 aliphatic carbocycles. The summed E-state index contributed by atoms with van der Waals surface area (Å²) in [6.07, 6.45) is 7.63. The average Bonchev–Trinajstić information content (AvgIpc) is 3.55. The van der Waals surface area contributed by atoms with Crippen molar-refractivity contribution in [3.8, 4) is 11.5 Å². The van der Waals surface area contributed by atoms with Crippen molar-refractivity contribution in [2.45, 2.75) is 25.6 Å². The first-order chi connectivity index (χ1) is 18.7. The van der Waals surface area contributed by atoms with E-state index in [1.54, 1.807) is 6.20 Å². The normalized spacial score (nSPS) is 16.9. The molecule has 5 aromatic rings. The fourth-order valence-electron chi connectivity index (χ4n) is 4.93. The topological polar surface area (TPSA) is 55.2 Å². The van der Waals surface area contributed by atoms with Gasteiger partial charge in [0, 0.05) is 42.7 Å². The molecule has 0 radical (unpaired) electrons. The molecule has 6 nitrogen and oxygen atoms in total. The number of hydrogen-bond acceptors (Lipinski definition) is 4. The third kappa shape index (κ3) is 4.76. The van der Waals surface area contributed by atoms with E-state index in [4.69, 9.17) is 17.0 Å². The van der Waals surface area contributed by atoms with Crippen LogP contribution in [0.4, 0.5) is 5.69 Å². The first-order valence-electron chi connectivity index (χ1n) is 12.6. The Hall–Kier alpha value is -4.49. The maximum Gasteiger partial charge on any atom is 0.174 e. The molecule has 3 aromatic heterocycles. The van der Waals surface area contributed by atoms with Crippen LogP contribution in [0, 0.1) is 6.92 Å². The molecule has 1 aliphatic heterocycles. The van der Waals surface area contributed by atoms with Crippen LogP contribution in [0.1, 0.15) is 34.6 Å². The van der Waals surface area contributed by atoms with Crippen LogP contribution in [0.15, 0.2) is 116 Å². The zero-order valence-electron chi connectivity index (χ0n) is 20.9. The molecular formula is C31H27N5OS. The van der Waals surface area contributed by atoms with Gasteiger partial charge in [0.2, 0.25) is 0 Å². The van der Waals surface area contributed by atoms with E-state index in [9.17, 15) is 0 Å². The van der Waals surface area contributed by atoms with Gasteiger partial charge in [-0.25, -0.2) is 0 Å². The van der Waals surface area contributed by atoms with E-state index in [0.717, 1.165) is 39.7 Å². The molecule has 0 saturated carbocycles. The van der Waals surface area contributed by atoms with Crippen LogP contribution in [0.5, 0.6) is 11.5 Å². The highest BCUT2D eigenvalue weighted by molar-refractivity contribution is 7.80. The minimum absolute atomic E-state index is 0.104. The fourth-order valence-corrected chi connectivity index (χ4v) is 5.28. The van der Waals surface area contributed by atoms with Gasteiger partial charge >= 0.3 is 0 Å². The molecule has 1 fully saturated rings. The number of aryl methyl sites for hydroxylation is 1. The summed E-state index contributed by atoms with van der Waals surface area (Å²) in [5.74, 6) is 1.62. The maximum absolute atomic E-state index is 6.14. The lowest BCUT2D eigenvalue weighted by atomic mass is 10.0. The van der Waals surface area contributed by atoms with Crippen LogP contribution in [0.25, 0.3) is 0 Å². The van der Waals surface area contributed by atoms with Crippen LogP contribution in [-0.2, 0) is 6.54 Å². The summed E-state index contributed by atoms with van der Waals surface area (Å²) in [7, 11) is 0. The number of para-hydroxylation sites is 1. The summed E-state index contributed by atoms with van der Waals surface area (Å²) in [6.45, 7) is 2.76. The van der Waals surface area contributed by atoms with Gasteiger partial charge in [-0.15, -0.1) is 0 Å². The lowest BCUT2D eigenvalue weighted by Crippen LogP contribution is -2.30. The van der Waals surface area contributed by atoms with Gasteiger partial charge in [-0.1, -0.05) is 30.3 Å². The number of benzene rings is 2. The van der Waals surface area contributed by atoms with Gasteiger partial charge in [-0.05, 0) is 90.9 Å². The van der Waals surface area contributed by atoms with Crippen molar-refractivity contribution >= 4 is 23.0 Å². The van der Waals surface area contributed by atoms with Gasteiger partial charge < -0.3 is 19.5 Å². The average molecular weight is 518 g/mol. The molecule has 2 atom stereocenters. The molecule has 1 saturated heterocycles. The number of anilines is 1. The molecule has 38 heavy (non-hydrogen) atoms. The smallest absolute Gasteiger partial charge is 0.174 e. The van der Waals surface area contributed by atoms with Crippen LogP contribution in [-0.4, -0.2) is 19.6 Å².